The molecule has 0 rings (SSSR count). The summed E-state index contributed by atoms with van der Waals surface area (Å²) < 4.78 is 1.31. The summed E-state index contributed by atoms with van der Waals surface area (Å²) in [7, 11) is 0. The molecular formula is C8H17Au. The topological polar surface area (TPSA) is 0 Å². The van der Waals surface area contributed by atoms with Gasteiger partial charge in [-0.1, -0.05) is 0 Å². The molecule has 0 bridgehead atoms. The molecule has 0 aromatic rings. The Morgan fingerprint density at radius 3 is 2.00 bits per heavy atom. The standard InChI is InChI=1S/C8H17.Au/c1-3-5-7-8-6-4-2;/h1,3-8H2,2H3;. The molecule has 0 saturated carbocycles. The molecule has 0 radical (unpaired) electrons. The second kappa shape index (κ2) is 8.74. The molecule has 0 atom stereocenters. The van der Waals surface area contributed by atoms with E-state index in [1.165, 1.54) is 43.2 Å². The second-order valence-corrected chi connectivity index (χ2v) is 3.50. The summed E-state index contributed by atoms with van der Waals surface area (Å²) in [6, 6.07) is 0. The third-order valence-electron chi connectivity index (χ3n) is 1.46. The summed E-state index contributed by atoms with van der Waals surface area (Å²) in [5, 5.41) is 0. The Bertz CT molecular complexity index is 37.8. The SMILES string of the molecule is CCCCCCC[CH2][Au]. The summed E-state index contributed by atoms with van der Waals surface area (Å²) in [5.74, 6) is 0. The molecule has 0 aliphatic carbocycles. The van der Waals surface area contributed by atoms with Crippen molar-refractivity contribution in [3.63, 3.8) is 0 Å². The van der Waals surface area contributed by atoms with Crippen molar-refractivity contribution in [1.82, 2.24) is 0 Å². The molecule has 0 spiro atoms. The van der Waals surface area contributed by atoms with Crippen molar-refractivity contribution in [2.24, 2.45) is 0 Å². The van der Waals surface area contributed by atoms with Gasteiger partial charge in [-0.3, -0.25) is 0 Å². The van der Waals surface area contributed by atoms with Crippen LogP contribution in [0.3, 0.4) is 0 Å². The van der Waals surface area contributed by atoms with Crippen LogP contribution < -0.4 is 0 Å². The Kier molecular flexibility index (Phi) is 9.46. The van der Waals surface area contributed by atoms with Crippen molar-refractivity contribution in [3.8, 4) is 0 Å². The molecule has 0 aromatic carbocycles. The number of rotatable bonds is 6. The van der Waals surface area contributed by atoms with Crippen LogP contribution in [0.5, 0.6) is 0 Å². The molecule has 0 amide bonds. The molecule has 1 heteroatoms. The molecule has 0 heterocycles. The molecule has 60 valence electrons. The van der Waals surface area contributed by atoms with E-state index in [0.717, 1.165) is 0 Å². The maximum absolute atomic E-state index is 2.61. The van der Waals surface area contributed by atoms with E-state index in [1.54, 1.807) is 0 Å². The Labute approximate surface area is 71.3 Å². The van der Waals surface area contributed by atoms with Crippen molar-refractivity contribution in [2.75, 3.05) is 0 Å². The molecule has 0 N–H and O–H groups in total. The minimum atomic E-state index is 1.31. The molecule has 0 saturated heterocycles. The molecule has 0 unspecified atom stereocenters. The zero-order chi connectivity index (χ0) is 6.95. The van der Waals surface area contributed by atoms with E-state index in [1.807, 2.05) is 0 Å². The molecule has 9 heavy (non-hydrogen) atoms. The van der Waals surface area contributed by atoms with Crippen LogP contribution in [0.25, 0.3) is 0 Å². The fourth-order valence-corrected chi connectivity index (χ4v) is 1.40. The first-order valence-corrected chi connectivity index (χ1v) is 5.45. The minimum absolute atomic E-state index is 1.31. The zero-order valence-corrected chi connectivity index (χ0v) is 8.42. The van der Waals surface area contributed by atoms with Gasteiger partial charge in [0.15, 0.2) is 0 Å². The summed E-state index contributed by atoms with van der Waals surface area (Å²) in [6.45, 7) is 2.26. The summed E-state index contributed by atoms with van der Waals surface area (Å²) >= 11 is 2.61. The zero-order valence-electron chi connectivity index (χ0n) is 6.25. The van der Waals surface area contributed by atoms with Gasteiger partial charge in [-0.05, 0) is 0 Å². The predicted octanol–water partition coefficient (Wildman–Crippen LogP) is 3.31. The molecule has 0 aromatic heterocycles. The molecule has 0 aliphatic heterocycles. The van der Waals surface area contributed by atoms with Crippen molar-refractivity contribution in [3.05, 3.63) is 0 Å². The van der Waals surface area contributed by atoms with Gasteiger partial charge < -0.3 is 0 Å². The Morgan fingerprint density at radius 2 is 1.44 bits per heavy atom. The van der Waals surface area contributed by atoms with Gasteiger partial charge in [0, 0.05) is 0 Å². The van der Waals surface area contributed by atoms with Crippen molar-refractivity contribution >= 4 is 0 Å². The number of hydrogen-bond donors (Lipinski definition) is 0. The number of unbranched alkanes of at least 4 members (excludes halogenated alkanes) is 5. The van der Waals surface area contributed by atoms with Gasteiger partial charge in [0.2, 0.25) is 0 Å². The van der Waals surface area contributed by atoms with Gasteiger partial charge in [0.1, 0.15) is 0 Å². The van der Waals surface area contributed by atoms with Crippen LogP contribution in [-0.2, 0) is 21.1 Å². The van der Waals surface area contributed by atoms with Crippen LogP contribution in [0.15, 0.2) is 0 Å². The van der Waals surface area contributed by atoms with Crippen LogP contribution in [0, 0.1) is 0 Å². The first-order valence-electron chi connectivity index (χ1n) is 3.92. The summed E-state index contributed by atoms with van der Waals surface area (Å²) in [5.41, 5.74) is 0. The first-order chi connectivity index (χ1) is 4.41. The average Bonchev–Trinajstić information content (AvgIpc) is 1.89. The average molecular weight is 310 g/mol. The third-order valence-corrected chi connectivity index (χ3v) is 2.23. The quantitative estimate of drug-likeness (QED) is 0.521. The van der Waals surface area contributed by atoms with Crippen LogP contribution in [0.2, 0.25) is 4.64 Å². The first kappa shape index (κ1) is 9.74. The molecule has 0 fully saturated rings. The Morgan fingerprint density at radius 1 is 0.889 bits per heavy atom. The van der Waals surface area contributed by atoms with Crippen LogP contribution in [0.4, 0.5) is 0 Å². The van der Waals surface area contributed by atoms with Gasteiger partial charge in [-0.2, -0.15) is 0 Å². The van der Waals surface area contributed by atoms with Crippen LogP contribution in [-0.4, -0.2) is 0 Å². The van der Waals surface area contributed by atoms with Gasteiger partial charge in [-0.15, -0.1) is 0 Å². The Hall–Kier alpha value is 0.740. The fourth-order valence-electron chi connectivity index (χ4n) is 0.856. The number of hydrogen-bond acceptors (Lipinski definition) is 0. The van der Waals surface area contributed by atoms with E-state index in [2.05, 4.69) is 28.0 Å². The van der Waals surface area contributed by atoms with E-state index in [-0.39, 0.29) is 0 Å². The second-order valence-electron chi connectivity index (χ2n) is 2.42. The molecule has 0 aliphatic rings. The van der Waals surface area contributed by atoms with Gasteiger partial charge in [-0.25, -0.2) is 0 Å². The van der Waals surface area contributed by atoms with E-state index in [9.17, 15) is 0 Å². The van der Waals surface area contributed by atoms with Gasteiger partial charge in [0.05, 0.1) is 0 Å². The fraction of sp³-hybridized carbons (Fsp3) is 1.00. The summed E-state index contributed by atoms with van der Waals surface area (Å²) in [4.78, 5) is 0. The van der Waals surface area contributed by atoms with Gasteiger partial charge >= 0.3 is 71.2 Å². The molecular weight excluding hydrogens is 293 g/mol. The monoisotopic (exact) mass is 310 g/mol. The third kappa shape index (κ3) is 8.74. The summed E-state index contributed by atoms with van der Waals surface area (Å²) in [6.07, 6.45) is 8.54. The van der Waals surface area contributed by atoms with Crippen LogP contribution >= 0.6 is 0 Å². The van der Waals surface area contributed by atoms with E-state index in [4.69, 9.17) is 0 Å². The van der Waals surface area contributed by atoms with Crippen molar-refractivity contribution in [1.29, 1.82) is 0 Å². The predicted molar refractivity (Wildman–Crippen MR) is 38.2 cm³/mol. The van der Waals surface area contributed by atoms with Crippen LogP contribution in [0.1, 0.15) is 45.4 Å². The Balaban J connectivity index is 2.60. The maximum atomic E-state index is 2.61. The van der Waals surface area contributed by atoms with Crippen molar-refractivity contribution < 1.29 is 21.1 Å². The van der Waals surface area contributed by atoms with E-state index >= 15 is 0 Å². The van der Waals surface area contributed by atoms with E-state index in [0.29, 0.717) is 0 Å². The van der Waals surface area contributed by atoms with Crippen molar-refractivity contribution in [2.45, 2.75) is 50.1 Å². The van der Waals surface area contributed by atoms with E-state index < -0.39 is 0 Å². The molecule has 0 nitrogen and oxygen atoms in total. The normalized spacial score (nSPS) is 10.1. The van der Waals surface area contributed by atoms with Gasteiger partial charge in [0.25, 0.3) is 0 Å².